The van der Waals surface area contributed by atoms with Crippen LogP contribution in [0.4, 0.5) is 17.6 Å². The molecule has 2 rings (SSSR count). The fraction of sp³-hybridized carbons (Fsp3) is 0.182. The molecule has 0 spiro atoms. The first-order valence-corrected chi connectivity index (χ1v) is 5.12. The maximum Gasteiger partial charge on any atom is 0.457 e. The number of nitrogens with one attached hydrogen (secondary N) is 1. The van der Waals surface area contributed by atoms with E-state index < -0.39 is 18.2 Å². The lowest BCUT2D eigenvalue weighted by Crippen LogP contribution is -2.29. The molecule has 4 nitrogen and oxygen atoms in total. The molecule has 0 bridgehead atoms. The quantitative estimate of drug-likeness (QED) is 0.875. The van der Waals surface area contributed by atoms with E-state index in [1.54, 1.807) is 0 Å². The Bertz CT molecular complexity index is 617. The largest absolute Gasteiger partial charge is 0.457 e. The van der Waals surface area contributed by atoms with Gasteiger partial charge >= 0.3 is 18.2 Å². The average Bonchev–Trinajstić information content (AvgIpc) is 2.74. The Morgan fingerprint density at radius 3 is 2.63 bits per heavy atom. The van der Waals surface area contributed by atoms with Crippen LogP contribution >= 0.6 is 0 Å². The molecule has 1 N–H and O–H groups in total. The van der Waals surface area contributed by atoms with Crippen LogP contribution in [-0.2, 0) is 0 Å². The molecule has 0 amide bonds. The summed E-state index contributed by atoms with van der Waals surface area (Å²) in [6, 6.07) is 5.13. The highest BCUT2D eigenvalue weighted by atomic mass is 19.4. The molecule has 0 fully saturated rings. The minimum atomic E-state index is -5.10. The molecule has 19 heavy (non-hydrogen) atoms. The molecule has 1 unspecified atom stereocenters. The van der Waals surface area contributed by atoms with Crippen molar-refractivity contribution in [3.63, 3.8) is 0 Å². The Hall–Kier alpha value is -2.25. The average molecular weight is 276 g/mol. The van der Waals surface area contributed by atoms with E-state index in [1.165, 1.54) is 30.6 Å². The molecule has 1 aromatic carbocycles. The number of nitrogens with zero attached hydrogens (tertiary/aromatic N) is 1. The smallest absolute Gasteiger partial charge is 0.452 e. The fourth-order valence-electron chi connectivity index (χ4n) is 1.42. The number of imidazole rings is 1. The van der Waals surface area contributed by atoms with Crippen molar-refractivity contribution >= 4 is 0 Å². The standard InChI is InChI=1S/C11H8F4N2O2/c12-9(11(13,14)15)19-8-3-1-2-7(6-8)17-5-4-16-10(17)18/h1-6,9H,(H,16,18). The number of halogens is 4. The molecule has 8 heteroatoms. The summed E-state index contributed by atoms with van der Waals surface area (Å²) in [6.45, 7) is 0. The number of hydrogen-bond acceptors (Lipinski definition) is 2. The van der Waals surface area contributed by atoms with Gasteiger partial charge in [-0.05, 0) is 12.1 Å². The third-order valence-corrected chi connectivity index (χ3v) is 2.24. The van der Waals surface area contributed by atoms with Crippen LogP contribution in [0.3, 0.4) is 0 Å². The second-order valence-electron chi connectivity index (χ2n) is 3.61. The number of benzene rings is 1. The second-order valence-corrected chi connectivity index (χ2v) is 3.61. The molecule has 0 aliphatic rings. The molecule has 102 valence electrons. The predicted molar refractivity (Wildman–Crippen MR) is 58.0 cm³/mol. The molecule has 1 aromatic heterocycles. The number of hydrogen-bond donors (Lipinski definition) is 1. The first-order chi connectivity index (χ1) is 8.88. The van der Waals surface area contributed by atoms with Crippen LogP contribution in [0.2, 0.25) is 0 Å². The van der Waals surface area contributed by atoms with Crippen molar-refractivity contribution < 1.29 is 22.3 Å². The third-order valence-electron chi connectivity index (χ3n) is 2.24. The molecule has 0 aliphatic carbocycles. The fourth-order valence-corrected chi connectivity index (χ4v) is 1.42. The molecule has 0 radical (unpaired) electrons. The van der Waals surface area contributed by atoms with E-state index in [4.69, 9.17) is 0 Å². The molecule has 0 aliphatic heterocycles. The molecule has 2 aromatic rings. The normalized spacial score (nSPS) is 13.3. The maximum absolute atomic E-state index is 12.7. The summed E-state index contributed by atoms with van der Waals surface area (Å²) in [5, 5.41) is 0. The summed E-state index contributed by atoms with van der Waals surface area (Å²) >= 11 is 0. The van der Waals surface area contributed by atoms with Crippen LogP contribution in [-0.4, -0.2) is 22.1 Å². The lowest BCUT2D eigenvalue weighted by atomic mass is 10.3. The minimum absolute atomic E-state index is 0.262. The first kappa shape index (κ1) is 13.2. The number of aromatic amines is 1. The van der Waals surface area contributed by atoms with Crippen molar-refractivity contribution in [2.45, 2.75) is 12.5 Å². The van der Waals surface area contributed by atoms with Crippen molar-refractivity contribution in [2.75, 3.05) is 0 Å². The second kappa shape index (κ2) is 4.79. The van der Waals surface area contributed by atoms with Gasteiger partial charge in [-0.1, -0.05) is 6.07 Å². The lowest BCUT2D eigenvalue weighted by molar-refractivity contribution is -0.236. The van der Waals surface area contributed by atoms with E-state index in [-0.39, 0.29) is 11.4 Å². The van der Waals surface area contributed by atoms with Crippen molar-refractivity contribution in [3.05, 3.63) is 47.1 Å². The first-order valence-electron chi connectivity index (χ1n) is 5.12. The SMILES string of the molecule is O=c1[nH]ccn1-c1cccc(OC(F)C(F)(F)F)c1. The highest BCUT2D eigenvalue weighted by molar-refractivity contribution is 5.39. The van der Waals surface area contributed by atoms with Crippen LogP contribution in [0.15, 0.2) is 41.5 Å². The summed E-state index contributed by atoms with van der Waals surface area (Å²) in [7, 11) is 0. The van der Waals surface area contributed by atoms with Gasteiger partial charge in [-0.15, -0.1) is 0 Å². The van der Waals surface area contributed by atoms with Gasteiger partial charge in [-0.25, -0.2) is 4.79 Å². The van der Waals surface area contributed by atoms with E-state index in [0.29, 0.717) is 0 Å². The Kier molecular flexibility index (Phi) is 3.32. The number of alkyl halides is 4. The topological polar surface area (TPSA) is 47.0 Å². The zero-order chi connectivity index (χ0) is 14.0. The number of ether oxygens (including phenoxy) is 1. The van der Waals surface area contributed by atoms with Crippen molar-refractivity contribution in [2.24, 2.45) is 0 Å². The zero-order valence-corrected chi connectivity index (χ0v) is 9.32. The Morgan fingerprint density at radius 2 is 2.05 bits per heavy atom. The van der Waals surface area contributed by atoms with E-state index >= 15 is 0 Å². The summed E-state index contributed by atoms with van der Waals surface area (Å²) in [5.74, 6) is -0.324. The summed E-state index contributed by atoms with van der Waals surface area (Å²) in [4.78, 5) is 13.7. The Labute approximate surface area is 104 Å². The van der Waals surface area contributed by atoms with Gasteiger partial charge in [0.05, 0.1) is 5.69 Å². The van der Waals surface area contributed by atoms with E-state index in [1.807, 2.05) is 0 Å². The molecule has 1 heterocycles. The summed E-state index contributed by atoms with van der Waals surface area (Å²) in [6.07, 6.45) is -5.76. The van der Waals surface area contributed by atoms with Gasteiger partial charge in [0.1, 0.15) is 5.75 Å². The number of H-pyrrole nitrogens is 1. The molecular weight excluding hydrogens is 268 g/mol. The van der Waals surface area contributed by atoms with E-state index in [9.17, 15) is 22.4 Å². The highest BCUT2D eigenvalue weighted by Crippen LogP contribution is 2.26. The molecule has 0 saturated carbocycles. The summed E-state index contributed by atoms with van der Waals surface area (Å²) < 4.78 is 54.1. The monoisotopic (exact) mass is 276 g/mol. The maximum atomic E-state index is 12.7. The number of rotatable bonds is 3. The molecular formula is C11H8F4N2O2. The minimum Gasteiger partial charge on any atom is -0.452 e. The van der Waals surface area contributed by atoms with Gasteiger partial charge in [0.2, 0.25) is 0 Å². The van der Waals surface area contributed by atoms with Crippen molar-refractivity contribution in [3.8, 4) is 11.4 Å². The van der Waals surface area contributed by atoms with Gasteiger partial charge in [-0.2, -0.15) is 17.6 Å². The number of aromatic nitrogens is 2. The van der Waals surface area contributed by atoms with Crippen LogP contribution in [0.5, 0.6) is 5.75 Å². The third kappa shape index (κ3) is 2.95. The van der Waals surface area contributed by atoms with Gasteiger partial charge in [0.25, 0.3) is 0 Å². The van der Waals surface area contributed by atoms with E-state index in [2.05, 4.69) is 9.72 Å². The van der Waals surface area contributed by atoms with Crippen molar-refractivity contribution in [1.82, 2.24) is 9.55 Å². The van der Waals surface area contributed by atoms with Gasteiger partial charge in [0.15, 0.2) is 0 Å². The molecule has 0 saturated heterocycles. The Balaban J connectivity index is 2.26. The van der Waals surface area contributed by atoms with Crippen LogP contribution in [0, 0.1) is 0 Å². The highest BCUT2D eigenvalue weighted by Gasteiger charge is 2.42. The van der Waals surface area contributed by atoms with Crippen LogP contribution in [0.25, 0.3) is 5.69 Å². The van der Waals surface area contributed by atoms with Crippen LogP contribution < -0.4 is 10.4 Å². The van der Waals surface area contributed by atoms with Gasteiger partial charge < -0.3 is 9.72 Å². The lowest BCUT2D eigenvalue weighted by Gasteiger charge is -2.14. The molecule has 1 atom stereocenters. The zero-order valence-electron chi connectivity index (χ0n) is 9.32. The van der Waals surface area contributed by atoms with Crippen molar-refractivity contribution in [1.29, 1.82) is 0 Å². The van der Waals surface area contributed by atoms with Crippen LogP contribution in [0.1, 0.15) is 0 Å². The van der Waals surface area contributed by atoms with Gasteiger partial charge in [0, 0.05) is 18.5 Å². The Morgan fingerprint density at radius 1 is 1.32 bits per heavy atom. The predicted octanol–water partition coefficient (Wildman–Crippen LogP) is 2.40. The van der Waals surface area contributed by atoms with E-state index in [0.717, 1.165) is 10.6 Å². The summed E-state index contributed by atoms with van der Waals surface area (Å²) in [5.41, 5.74) is -0.206. The van der Waals surface area contributed by atoms with Gasteiger partial charge in [-0.3, -0.25) is 4.57 Å².